The van der Waals surface area contributed by atoms with Crippen LogP contribution in [0.25, 0.3) is 0 Å². The normalized spacial score (nSPS) is 23.0. The average molecular weight is 338 g/mol. The molecule has 1 fully saturated rings. The first-order valence-corrected chi connectivity index (χ1v) is 9.88. The Bertz CT molecular complexity index is 715. The van der Waals surface area contributed by atoms with Crippen molar-refractivity contribution in [2.75, 3.05) is 13.6 Å². The Morgan fingerprint density at radius 2 is 1.80 bits per heavy atom. The predicted octanol–water partition coefficient (Wildman–Crippen LogP) is 1.89. The lowest BCUT2D eigenvalue weighted by Gasteiger charge is -2.17. The summed E-state index contributed by atoms with van der Waals surface area (Å²) in [6, 6.07) is 5.10. The zero-order chi connectivity index (χ0) is 15.1. The van der Waals surface area contributed by atoms with Gasteiger partial charge in [-0.05, 0) is 36.5 Å². The van der Waals surface area contributed by atoms with Crippen LogP contribution >= 0.6 is 10.7 Å². The van der Waals surface area contributed by atoms with E-state index < -0.39 is 19.1 Å². The molecule has 2 atom stereocenters. The molecule has 1 aliphatic carbocycles. The Balaban J connectivity index is 2.29. The summed E-state index contributed by atoms with van der Waals surface area (Å²) in [5.74, 6) is 0.928. The van der Waals surface area contributed by atoms with Crippen molar-refractivity contribution in [3.05, 3.63) is 24.3 Å². The maximum absolute atomic E-state index is 12.4. The largest absolute Gasteiger partial charge is 0.261 e. The van der Waals surface area contributed by atoms with Crippen LogP contribution in [0.15, 0.2) is 34.1 Å². The summed E-state index contributed by atoms with van der Waals surface area (Å²) in [5.41, 5.74) is 0. The Hall–Kier alpha value is -0.630. The molecule has 0 spiro atoms. The quantitative estimate of drug-likeness (QED) is 0.769. The molecular weight excluding hydrogens is 322 g/mol. The van der Waals surface area contributed by atoms with Crippen LogP contribution in [-0.2, 0) is 19.1 Å². The molecule has 0 amide bonds. The number of hydrogen-bond donors (Lipinski definition) is 0. The van der Waals surface area contributed by atoms with Gasteiger partial charge in [-0.1, -0.05) is 13.0 Å². The molecule has 8 heteroatoms. The number of benzene rings is 1. The highest BCUT2D eigenvalue weighted by atomic mass is 35.7. The van der Waals surface area contributed by atoms with E-state index >= 15 is 0 Å². The summed E-state index contributed by atoms with van der Waals surface area (Å²) in [5, 5.41) is 0. The van der Waals surface area contributed by atoms with Crippen molar-refractivity contribution in [2.45, 2.75) is 23.1 Å². The molecule has 20 heavy (non-hydrogen) atoms. The zero-order valence-corrected chi connectivity index (χ0v) is 13.5. The van der Waals surface area contributed by atoms with Crippen LogP contribution in [0.1, 0.15) is 13.3 Å². The molecule has 1 aromatic rings. The third-order valence-corrected chi connectivity index (χ3v) is 6.73. The number of sulfonamides is 1. The zero-order valence-electron chi connectivity index (χ0n) is 11.2. The molecule has 112 valence electrons. The third-order valence-electron chi connectivity index (χ3n) is 3.56. The molecule has 2 rings (SSSR count). The van der Waals surface area contributed by atoms with Gasteiger partial charge in [0.25, 0.3) is 9.05 Å². The first-order chi connectivity index (χ1) is 9.12. The van der Waals surface area contributed by atoms with Gasteiger partial charge in [0, 0.05) is 24.3 Å². The van der Waals surface area contributed by atoms with Crippen molar-refractivity contribution >= 4 is 29.8 Å². The second-order valence-electron chi connectivity index (χ2n) is 5.17. The van der Waals surface area contributed by atoms with Gasteiger partial charge in [-0.25, -0.2) is 21.1 Å². The van der Waals surface area contributed by atoms with E-state index in [0.717, 1.165) is 12.5 Å². The Kier molecular flexibility index (Phi) is 4.17. The molecule has 5 nitrogen and oxygen atoms in total. The second kappa shape index (κ2) is 5.29. The van der Waals surface area contributed by atoms with Gasteiger partial charge >= 0.3 is 0 Å². The van der Waals surface area contributed by atoms with E-state index in [1.165, 1.54) is 29.6 Å². The minimum Gasteiger partial charge on any atom is -0.207 e. The van der Waals surface area contributed by atoms with Gasteiger partial charge in [0.05, 0.1) is 9.79 Å². The van der Waals surface area contributed by atoms with Crippen molar-refractivity contribution < 1.29 is 16.8 Å². The predicted molar refractivity (Wildman–Crippen MR) is 76.6 cm³/mol. The number of rotatable bonds is 5. The Labute approximate surface area is 124 Å². The molecule has 1 aliphatic rings. The molecule has 0 N–H and O–H groups in total. The van der Waals surface area contributed by atoms with E-state index in [-0.39, 0.29) is 9.79 Å². The lowest BCUT2D eigenvalue weighted by atomic mass is 10.3. The minimum atomic E-state index is -3.94. The van der Waals surface area contributed by atoms with Gasteiger partial charge in [-0.2, -0.15) is 0 Å². The number of halogens is 1. The van der Waals surface area contributed by atoms with Gasteiger partial charge < -0.3 is 0 Å². The van der Waals surface area contributed by atoms with Gasteiger partial charge in [0.15, 0.2) is 0 Å². The van der Waals surface area contributed by atoms with Gasteiger partial charge in [0.2, 0.25) is 10.0 Å². The second-order valence-corrected chi connectivity index (χ2v) is 9.78. The van der Waals surface area contributed by atoms with E-state index in [2.05, 4.69) is 6.92 Å². The van der Waals surface area contributed by atoms with Gasteiger partial charge in [-0.15, -0.1) is 0 Å². The van der Waals surface area contributed by atoms with Crippen molar-refractivity contribution in [2.24, 2.45) is 11.8 Å². The minimum absolute atomic E-state index is 0.0602. The highest BCUT2D eigenvalue weighted by Crippen LogP contribution is 2.38. The van der Waals surface area contributed by atoms with E-state index in [0.29, 0.717) is 18.4 Å². The Morgan fingerprint density at radius 1 is 1.25 bits per heavy atom. The van der Waals surface area contributed by atoms with E-state index in [9.17, 15) is 16.8 Å². The number of hydrogen-bond acceptors (Lipinski definition) is 4. The fourth-order valence-electron chi connectivity index (χ4n) is 2.05. The van der Waals surface area contributed by atoms with Crippen molar-refractivity contribution in [3.8, 4) is 0 Å². The highest BCUT2D eigenvalue weighted by molar-refractivity contribution is 8.13. The van der Waals surface area contributed by atoms with Crippen molar-refractivity contribution in [3.63, 3.8) is 0 Å². The van der Waals surface area contributed by atoms with Gasteiger partial charge in [-0.3, -0.25) is 0 Å². The first-order valence-electron chi connectivity index (χ1n) is 6.13. The van der Waals surface area contributed by atoms with E-state index in [4.69, 9.17) is 10.7 Å². The molecule has 2 unspecified atom stereocenters. The summed E-state index contributed by atoms with van der Waals surface area (Å²) in [6.07, 6.45) is 1.02. The first kappa shape index (κ1) is 15.8. The summed E-state index contributed by atoms with van der Waals surface area (Å²) in [6.45, 7) is 2.52. The fourth-order valence-corrected chi connectivity index (χ4v) is 4.19. The topological polar surface area (TPSA) is 71.5 Å². The van der Waals surface area contributed by atoms with Crippen LogP contribution in [-0.4, -0.2) is 34.7 Å². The molecule has 0 heterocycles. The Morgan fingerprint density at radius 3 is 2.30 bits per heavy atom. The molecule has 0 bridgehead atoms. The summed E-state index contributed by atoms with van der Waals surface area (Å²) < 4.78 is 48.5. The molecule has 0 radical (unpaired) electrons. The van der Waals surface area contributed by atoms with Crippen molar-refractivity contribution in [1.82, 2.24) is 4.31 Å². The SMILES string of the molecule is CC1CC1CN(C)S(=O)(=O)c1cccc(S(=O)(=O)Cl)c1. The smallest absolute Gasteiger partial charge is 0.207 e. The summed E-state index contributed by atoms with van der Waals surface area (Å²) in [7, 11) is -0.892. The van der Waals surface area contributed by atoms with Gasteiger partial charge in [0.1, 0.15) is 0 Å². The van der Waals surface area contributed by atoms with E-state index in [1.807, 2.05) is 0 Å². The number of nitrogens with zero attached hydrogens (tertiary/aromatic N) is 1. The van der Waals surface area contributed by atoms with Crippen LogP contribution < -0.4 is 0 Å². The monoisotopic (exact) mass is 337 g/mol. The maximum Gasteiger partial charge on any atom is 0.261 e. The molecule has 0 aliphatic heterocycles. The summed E-state index contributed by atoms with van der Waals surface area (Å²) in [4.78, 5) is -0.275. The van der Waals surface area contributed by atoms with E-state index in [1.54, 1.807) is 0 Å². The third kappa shape index (κ3) is 3.33. The van der Waals surface area contributed by atoms with Crippen LogP contribution in [0.4, 0.5) is 0 Å². The lowest BCUT2D eigenvalue weighted by Crippen LogP contribution is -2.29. The highest BCUT2D eigenvalue weighted by Gasteiger charge is 2.36. The van der Waals surface area contributed by atoms with Crippen LogP contribution in [0, 0.1) is 11.8 Å². The van der Waals surface area contributed by atoms with Crippen molar-refractivity contribution in [1.29, 1.82) is 0 Å². The molecule has 0 aromatic heterocycles. The average Bonchev–Trinajstić information content (AvgIpc) is 3.04. The fraction of sp³-hybridized carbons (Fsp3) is 0.500. The van der Waals surface area contributed by atoms with Crippen LogP contribution in [0.2, 0.25) is 0 Å². The molecular formula is C12H16ClNO4S2. The molecule has 1 aromatic carbocycles. The van der Waals surface area contributed by atoms with Crippen LogP contribution in [0.3, 0.4) is 0 Å². The molecule has 1 saturated carbocycles. The lowest BCUT2D eigenvalue weighted by molar-refractivity contribution is 0.444. The molecule has 0 saturated heterocycles. The maximum atomic E-state index is 12.4. The van der Waals surface area contributed by atoms with Crippen LogP contribution in [0.5, 0.6) is 0 Å². The summed E-state index contributed by atoms with van der Waals surface area (Å²) >= 11 is 0. The standard InChI is InChI=1S/C12H16ClNO4S2/c1-9-6-10(9)8-14(2)20(17,18)12-5-3-4-11(7-12)19(13,15)16/h3-5,7,9-10H,6,8H2,1-2H3.